The molecule has 0 spiro atoms. The van der Waals surface area contributed by atoms with E-state index < -0.39 is 0 Å². The second kappa shape index (κ2) is 7.58. The largest absolute Gasteiger partial charge is 0.348 e. The molecule has 0 aliphatic carbocycles. The van der Waals surface area contributed by atoms with Crippen LogP contribution in [0.25, 0.3) is 0 Å². The first-order chi connectivity index (χ1) is 10.1. The summed E-state index contributed by atoms with van der Waals surface area (Å²) < 4.78 is 1.90. The molecule has 3 heteroatoms. The van der Waals surface area contributed by atoms with Crippen molar-refractivity contribution in [1.29, 1.82) is 0 Å². The molecule has 21 heavy (non-hydrogen) atoms. The minimum Gasteiger partial charge on any atom is -0.348 e. The van der Waals surface area contributed by atoms with Crippen LogP contribution in [0.2, 0.25) is 0 Å². The van der Waals surface area contributed by atoms with E-state index in [1.807, 2.05) is 54.2 Å². The van der Waals surface area contributed by atoms with Crippen molar-refractivity contribution in [3.8, 4) is 0 Å². The van der Waals surface area contributed by atoms with Crippen molar-refractivity contribution in [2.45, 2.75) is 39.3 Å². The van der Waals surface area contributed by atoms with Crippen LogP contribution in [-0.4, -0.2) is 11.9 Å². The van der Waals surface area contributed by atoms with Crippen LogP contribution in [-0.2, 0) is 17.8 Å². The van der Waals surface area contributed by atoms with E-state index in [0.29, 0.717) is 6.54 Å². The molecule has 2 aromatic rings. The maximum atomic E-state index is 12.0. The third kappa shape index (κ3) is 5.38. The van der Waals surface area contributed by atoms with Crippen LogP contribution in [0.15, 0.2) is 54.9 Å². The third-order valence-corrected chi connectivity index (χ3v) is 3.50. The summed E-state index contributed by atoms with van der Waals surface area (Å²) in [5.74, 6) is 0.0596. The second-order valence-corrected chi connectivity index (χ2v) is 5.54. The summed E-state index contributed by atoms with van der Waals surface area (Å²) in [6.45, 7) is 4.46. The highest BCUT2D eigenvalue weighted by molar-refractivity contribution is 5.74. The molecule has 0 unspecified atom stereocenters. The van der Waals surface area contributed by atoms with Crippen LogP contribution in [0.3, 0.4) is 0 Å². The first kappa shape index (κ1) is 15.2. The lowest BCUT2D eigenvalue weighted by Gasteiger charge is -2.12. The molecule has 1 N–H and O–H groups in total. The van der Waals surface area contributed by atoms with Gasteiger partial charge in [-0.2, -0.15) is 4.57 Å². The zero-order valence-electron chi connectivity index (χ0n) is 12.8. The summed E-state index contributed by atoms with van der Waals surface area (Å²) in [5.41, 5.74) is 2.51. The van der Waals surface area contributed by atoms with E-state index in [1.165, 1.54) is 11.1 Å². The van der Waals surface area contributed by atoms with Gasteiger partial charge < -0.3 is 5.32 Å². The number of nitrogens with one attached hydrogen (secondary N) is 1. The lowest BCUT2D eigenvalue weighted by molar-refractivity contribution is -0.684. The van der Waals surface area contributed by atoms with Crippen molar-refractivity contribution >= 4 is 5.91 Å². The standard InChI is InChI=1S/C18H22N2O/c1-15-10-12-20(13-11-15)14-18(21)19-16(2)8-9-17-6-4-3-5-7-17/h3-7,10-13,16H,8-9,14H2,1-2H3/p+1/t16-/m0/s1. The zero-order chi connectivity index (χ0) is 15.1. The Hall–Kier alpha value is -2.16. The Morgan fingerprint density at radius 2 is 1.81 bits per heavy atom. The molecule has 1 amide bonds. The smallest absolute Gasteiger partial charge is 0.286 e. The van der Waals surface area contributed by atoms with Gasteiger partial charge in [0.15, 0.2) is 12.4 Å². The molecule has 1 aromatic carbocycles. The van der Waals surface area contributed by atoms with E-state index in [4.69, 9.17) is 0 Å². The van der Waals surface area contributed by atoms with Gasteiger partial charge in [-0.1, -0.05) is 30.3 Å². The number of amides is 1. The van der Waals surface area contributed by atoms with Crippen molar-refractivity contribution in [3.05, 3.63) is 66.0 Å². The molecule has 1 heterocycles. The Labute approximate surface area is 126 Å². The Bertz CT molecular complexity index is 564. The number of carbonyl (C=O) groups excluding carboxylic acids is 1. The molecule has 3 nitrogen and oxygen atoms in total. The monoisotopic (exact) mass is 283 g/mol. The summed E-state index contributed by atoms with van der Waals surface area (Å²) in [4.78, 5) is 12.0. The number of nitrogens with zero attached hydrogens (tertiary/aromatic N) is 1. The van der Waals surface area contributed by atoms with Gasteiger partial charge in [0.1, 0.15) is 0 Å². The van der Waals surface area contributed by atoms with Gasteiger partial charge in [0.2, 0.25) is 6.54 Å². The van der Waals surface area contributed by atoms with Crippen LogP contribution in [0.4, 0.5) is 0 Å². The quantitative estimate of drug-likeness (QED) is 0.812. The van der Waals surface area contributed by atoms with E-state index in [0.717, 1.165) is 12.8 Å². The first-order valence-corrected chi connectivity index (χ1v) is 7.42. The Kier molecular flexibility index (Phi) is 5.50. The maximum Gasteiger partial charge on any atom is 0.286 e. The van der Waals surface area contributed by atoms with Crippen LogP contribution < -0.4 is 9.88 Å². The normalized spacial score (nSPS) is 11.9. The lowest BCUT2D eigenvalue weighted by atomic mass is 10.1. The van der Waals surface area contributed by atoms with Gasteiger partial charge >= 0.3 is 0 Å². The van der Waals surface area contributed by atoms with Gasteiger partial charge in [-0.3, -0.25) is 4.79 Å². The fraction of sp³-hybridized carbons (Fsp3) is 0.333. The Morgan fingerprint density at radius 1 is 1.14 bits per heavy atom. The SMILES string of the molecule is Cc1cc[n+](CC(=O)N[C@@H](C)CCc2ccccc2)cc1. The number of hydrogen-bond donors (Lipinski definition) is 1. The number of hydrogen-bond acceptors (Lipinski definition) is 1. The van der Waals surface area contributed by atoms with E-state index in [1.54, 1.807) is 0 Å². The summed E-state index contributed by atoms with van der Waals surface area (Å²) in [6, 6.07) is 14.6. The van der Waals surface area contributed by atoms with Crippen molar-refractivity contribution < 1.29 is 9.36 Å². The molecule has 0 fully saturated rings. The summed E-state index contributed by atoms with van der Waals surface area (Å²) >= 11 is 0. The fourth-order valence-electron chi connectivity index (χ4n) is 2.22. The third-order valence-electron chi connectivity index (χ3n) is 3.50. The topological polar surface area (TPSA) is 33.0 Å². The highest BCUT2D eigenvalue weighted by atomic mass is 16.2. The zero-order valence-corrected chi connectivity index (χ0v) is 12.8. The van der Waals surface area contributed by atoms with Crippen molar-refractivity contribution in [3.63, 3.8) is 0 Å². The number of pyridine rings is 1. The van der Waals surface area contributed by atoms with E-state index in [9.17, 15) is 4.79 Å². The minimum absolute atomic E-state index is 0.0596. The number of carbonyl (C=O) groups is 1. The van der Waals surface area contributed by atoms with E-state index in [-0.39, 0.29) is 11.9 Å². The number of aromatic nitrogens is 1. The number of rotatable bonds is 6. The second-order valence-electron chi connectivity index (χ2n) is 5.54. The average Bonchev–Trinajstić information content (AvgIpc) is 2.48. The minimum atomic E-state index is 0.0596. The van der Waals surface area contributed by atoms with Crippen LogP contribution >= 0.6 is 0 Å². The van der Waals surface area contributed by atoms with Gasteiger partial charge in [-0.05, 0) is 37.8 Å². The molecule has 0 aliphatic heterocycles. The predicted molar refractivity (Wildman–Crippen MR) is 83.7 cm³/mol. The molecule has 2 rings (SSSR count). The van der Waals surface area contributed by atoms with Gasteiger partial charge in [0.25, 0.3) is 5.91 Å². The molecule has 0 bridgehead atoms. The molecule has 0 saturated heterocycles. The average molecular weight is 283 g/mol. The molecule has 1 atom stereocenters. The van der Waals surface area contributed by atoms with E-state index >= 15 is 0 Å². The van der Waals surface area contributed by atoms with Crippen LogP contribution in [0, 0.1) is 6.92 Å². The highest BCUT2D eigenvalue weighted by Gasteiger charge is 2.12. The van der Waals surface area contributed by atoms with E-state index in [2.05, 4.69) is 24.4 Å². The van der Waals surface area contributed by atoms with Crippen molar-refractivity contribution in [2.75, 3.05) is 0 Å². The summed E-state index contributed by atoms with van der Waals surface area (Å²) in [5, 5.41) is 3.05. The molecule has 0 radical (unpaired) electrons. The lowest BCUT2D eigenvalue weighted by Crippen LogP contribution is -2.45. The van der Waals surface area contributed by atoms with Crippen LogP contribution in [0.1, 0.15) is 24.5 Å². The maximum absolute atomic E-state index is 12.0. The van der Waals surface area contributed by atoms with Gasteiger partial charge in [0.05, 0.1) is 0 Å². The summed E-state index contributed by atoms with van der Waals surface area (Å²) in [6.07, 6.45) is 5.81. The molecular weight excluding hydrogens is 260 g/mol. The molecule has 0 aliphatic rings. The highest BCUT2D eigenvalue weighted by Crippen LogP contribution is 2.04. The van der Waals surface area contributed by atoms with Gasteiger partial charge in [-0.25, -0.2) is 0 Å². The van der Waals surface area contributed by atoms with Crippen molar-refractivity contribution in [1.82, 2.24) is 5.32 Å². The first-order valence-electron chi connectivity index (χ1n) is 7.42. The molecular formula is C18H23N2O+. The molecule has 0 saturated carbocycles. The number of benzene rings is 1. The van der Waals surface area contributed by atoms with Crippen molar-refractivity contribution in [2.24, 2.45) is 0 Å². The predicted octanol–water partition coefficient (Wildman–Crippen LogP) is 2.42. The Morgan fingerprint density at radius 3 is 2.48 bits per heavy atom. The van der Waals surface area contributed by atoms with Gasteiger partial charge in [0, 0.05) is 18.2 Å². The molecule has 110 valence electrons. The van der Waals surface area contributed by atoms with Gasteiger partial charge in [-0.15, -0.1) is 0 Å². The molecule has 1 aromatic heterocycles. The Balaban J connectivity index is 1.75. The van der Waals surface area contributed by atoms with Crippen LogP contribution in [0.5, 0.6) is 0 Å². The fourth-order valence-corrected chi connectivity index (χ4v) is 2.22. The number of aryl methyl sites for hydroxylation is 2. The summed E-state index contributed by atoms with van der Waals surface area (Å²) in [7, 11) is 0.